The Kier molecular flexibility index (Phi) is 7.12. The first kappa shape index (κ1) is 23.3. The van der Waals surface area contributed by atoms with E-state index in [2.05, 4.69) is 26.1 Å². The van der Waals surface area contributed by atoms with E-state index < -0.39 is 30.1 Å². The van der Waals surface area contributed by atoms with Crippen LogP contribution in [0.5, 0.6) is 5.75 Å². The molecule has 0 bridgehead atoms. The Balaban J connectivity index is 1.89. The van der Waals surface area contributed by atoms with E-state index in [9.17, 15) is 22.8 Å². The Bertz CT molecular complexity index is 888. The van der Waals surface area contributed by atoms with Gasteiger partial charge in [0.1, 0.15) is 5.75 Å². The minimum absolute atomic E-state index is 0.00728. The van der Waals surface area contributed by atoms with Gasteiger partial charge in [0, 0.05) is 7.05 Å². The molecule has 2 amide bonds. The third kappa shape index (κ3) is 6.50. The van der Waals surface area contributed by atoms with E-state index in [4.69, 9.17) is 4.74 Å². The number of nitrogens with one attached hydrogen (secondary N) is 1. The number of carbonyl (C=O) groups excluding carboxylic acids is 2. The van der Waals surface area contributed by atoms with E-state index in [0.29, 0.717) is 5.75 Å². The number of anilines is 1. The second kappa shape index (κ2) is 9.19. The van der Waals surface area contributed by atoms with Gasteiger partial charge in [-0.25, -0.2) is 0 Å². The third-order valence-corrected chi connectivity index (χ3v) is 4.40. The standard InChI is InChI=1S/C22H25F3N2O3/c1-21(2,3)15-9-11-16(12-10-15)30-14-20(29)27(4)13-19(28)26-18-8-6-5-7-17(18)22(23,24)25/h5-12H,13-14H2,1-4H3,(H,26,28). The Morgan fingerprint density at radius 1 is 1.00 bits per heavy atom. The van der Waals surface area contributed by atoms with Crippen molar-refractivity contribution < 1.29 is 27.5 Å². The van der Waals surface area contributed by atoms with Gasteiger partial charge in [-0.1, -0.05) is 45.0 Å². The van der Waals surface area contributed by atoms with Crippen LogP contribution in [0, 0.1) is 0 Å². The van der Waals surface area contributed by atoms with Crippen LogP contribution in [0.2, 0.25) is 0 Å². The van der Waals surface area contributed by atoms with Crippen molar-refractivity contribution >= 4 is 17.5 Å². The van der Waals surface area contributed by atoms with Crippen LogP contribution in [-0.4, -0.2) is 36.9 Å². The fraction of sp³-hybridized carbons (Fsp3) is 0.364. The van der Waals surface area contributed by atoms with E-state index >= 15 is 0 Å². The number of hydrogen-bond donors (Lipinski definition) is 1. The van der Waals surface area contributed by atoms with E-state index in [-0.39, 0.29) is 17.7 Å². The first-order valence-electron chi connectivity index (χ1n) is 9.31. The molecule has 0 aromatic heterocycles. The first-order chi connectivity index (χ1) is 13.9. The number of carbonyl (C=O) groups is 2. The summed E-state index contributed by atoms with van der Waals surface area (Å²) in [6, 6.07) is 12.0. The lowest BCUT2D eigenvalue weighted by molar-refractivity contribution is -0.137. The molecule has 1 N–H and O–H groups in total. The highest BCUT2D eigenvalue weighted by atomic mass is 19.4. The van der Waals surface area contributed by atoms with Crippen molar-refractivity contribution in [2.45, 2.75) is 32.4 Å². The van der Waals surface area contributed by atoms with Crippen molar-refractivity contribution in [2.24, 2.45) is 0 Å². The quantitative estimate of drug-likeness (QED) is 0.747. The average molecular weight is 422 g/mol. The molecular formula is C22H25F3N2O3. The number of ether oxygens (including phenoxy) is 1. The Morgan fingerprint density at radius 3 is 2.17 bits per heavy atom. The van der Waals surface area contributed by atoms with Gasteiger partial charge in [0.05, 0.1) is 17.8 Å². The molecule has 0 aliphatic rings. The van der Waals surface area contributed by atoms with Crippen LogP contribution in [0.15, 0.2) is 48.5 Å². The van der Waals surface area contributed by atoms with Crippen LogP contribution in [-0.2, 0) is 21.2 Å². The number of rotatable bonds is 6. The molecule has 0 heterocycles. The molecule has 30 heavy (non-hydrogen) atoms. The molecule has 0 saturated carbocycles. The number of para-hydroxylation sites is 1. The number of amides is 2. The number of alkyl halides is 3. The molecule has 0 saturated heterocycles. The maximum atomic E-state index is 13.0. The third-order valence-electron chi connectivity index (χ3n) is 4.40. The maximum absolute atomic E-state index is 13.0. The zero-order valence-corrected chi connectivity index (χ0v) is 17.3. The number of likely N-dealkylation sites (N-methyl/N-ethyl adjacent to an activating group) is 1. The molecule has 0 radical (unpaired) electrons. The van der Waals surface area contributed by atoms with Gasteiger partial charge in [-0.2, -0.15) is 13.2 Å². The molecule has 0 atom stereocenters. The highest BCUT2D eigenvalue weighted by Crippen LogP contribution is 2.34. The molecule has 2 rings (SSSR count). The Labute approximate surface area is 173 Å². The second-order valence-corrected chi connectivity index (χ2v) is 7.90. The summed E-state index contributed by atoms with van der Waals surface area (Å²) >= 11 is 0. The van der Waals surface area contributed by atoms with Crippen LogP contribution >= 0.6 is 0 Å². The van der Waals surface area contributed by atoms with Gasteiger partial charge in [-0.15, -0.1) is 0 Å². The normalized spacial score (nSPS) is 11.7. The summed E-state index contributed by atoms with van der Waals surface area (Å²) in [6.45, 7) is 5.55. The lowest BCUT2D eigenvalue weighted by atomic mass is 9.87. The van der Waals surface area contributed by atoms with Gasteiger partial charge in [-0.05, 0) is 35.2 Å². The highest BCUT2D eigenvalue weighted by molar-refractivity contribution is 5.95. The summed E-state index contributed by atoms with van der Waals surface area (Å²) in [5.41, 5.74) is -0.193. The van der Waals surface area contributed by atoms with Gasteiger partial charge in [0.25, 0.3) is 5.91 Å². The first-order valence-corrected chi connectivity index (χ1v) is 9.31. The highest BCUT2D eigenvalue weighted by Gasteiger charge is 2.33. The van der Waals surface area contributed by atoms with E-state index in [1.165, 1.54) is 19.2 Å². The molecule has 0 aliphatic carbocycles. The SMILES string of the molecule is CN(CC(=O)Nc1ccccc1C(F)(F)F)C(=O)COc1ccc(C(C)(C)C)cc1. The zero-order chi connectivity index (χ0) is 22.5. The number of benzene rings is 2. The topological polar surface area (TPSA) is 58.6 Å². The number of hydrogen-bond acceptors (Lipinski definition) is 3. The maximum Gasteiger partial charge on any atom is 0.418 e. The fourth-order valence-corrected chi connectivity index (χ4v) is 2.64. The molecule has 162 valence electrons. The zero-order valence-electron chi connectivity index (χ0n) is 17.3. The van der Waals surface area contributed by atoms with Crippen LogP contribution in [0.3, 0.4) is 0 Å². The van der Waals surface area contributed by atoms with Crippen molar-refractivity contribution in [3.8, 4) is 5.75 Å². The van der Waals surface area contributed by atoms with Crippen molar-refractivity contribution in [2.75, 3.05) is 25.5 Å². The summed E-state index contributed by atoms with van der Waals surface area (Å²) in [4.78, 5) is 25.4. The molecule has 0 spiro atoms. The minimum Gasteiger partial charge on any atom is -0.484 e. The molecule has 0 fully saturated rings. The van der Waals surface area contributed by atoms with E-state index in [1.807, 2.05) is 12.1 Å². The van der Waals surface area contributed by atoms with Gasteiger partial charge >= 0.3 is 6.18 Å². The Hall–Kier alpha value is -3.03. The predicted octanol–water partition coefficient (Wildman–Crippen LogP) is 4.48. The molecule has 0 aliphatic heterocycles. The predicted molar refractivity (Wildman–Crippen MR) is 108 cm³/mol. The summed E-state index contributed by atoms with van der Waals surface area (Å²) < 4.78 is 44.5. The fourth-order valence-electron chi connectivity index (χ4n) is 2.64. The van der Waals surface area contributed by atoms with Gasteiger partial charge in [0.2, 0.25) is 5.91 Å². The molecule has 5 nitrogen and oxygen atoms in total. The van der Waals surface area contributed by atoms with Gasteiger partial charge in [-0.3, -0.25) is 9.59 Å². The molecular weight excluding hydrogens is 397 g/mol. The van der Waals surface area contributed by atoms with Crippen molar-refractivity contribution in [3.05, 3.63) is 59.7 Å². The molecule has 2 aromatic rings. The number of halogens is 3. The lowest BCUT2D eigenvalue weighted by Crippen LogP contribution is -2.37. The van der Waals surface area contributed by atoms with Crippen LogP contribution < -0.4 is 10.1 Å². The summed E-state index contributed by atoms with van der Waals surface area (Å²) in [5.74, 6) is -0.709. The minimum atomic E-state index is -4.60. The lowest BCUT2D eigenvalue weighted by Gasteiger charge is -2.20. The van der Waals surface area contributed by atoms with E-state index in [0.717, 1.165) is 22.6 Å². The number of nitrogens with zero attached hydrogens (tertiary/aromatic N) is 1. The van der Waals surface area contributed by atoms with Crippen molar-refractivity contribution in [3.63, 3.8) is 0 Å². The summed E-state index contributed by atoms with van der Waals surface area (Å²) in [7, 11) is 1.38. The van der Waals surface area contributed by atoms with Crippen molar-refractivity contribution in [1.29, 1.82) is 0 Å². The van der Waals surface area contributed by atoms with Crippen molar-refractivity contribution in [1.82, 2.24) is 4.90 Å². The summed E-state index contributed by atoms with van der Waals surface area (Å²) in [6.07, 6.45) is -4.60. The van der Waals surface area contributed by atoms with Gasteiger partial charge < -0.3 is 15.0 Å². The average Bonchev–Trinajstić information content (AvgIpc) is 2.65. The van der Waals surface area contributed by atoms with E-state index in [1.54, 1.807) is 12.1 Å². The van der Waals surface area contributed by atoms with Crippen LogP contribution in [0.4, 0.5) is 18.9 Å². The molecule has 2 aromatic carbocycles. The second-order valence-electron chi connectivity index (χ2n) is 7.90. The summed E-state index contributed by atoms with van der Waals surface area (Å²) in [5, 5.41) is 2.20. The Morgan fingerprint density at radius 2 is 1.60 bits per heavy atom. The van der Waals surface area contributed by atoms with Crippen LogP contribution in [0.1, 0.15) is 31.9 Å². The monoisotopic (exact) mass is 422 g/mol. The van der Waals surface area contributed by atoms with Gasteiger partial charge in [0.15, 0.2) is 6.61 Å². The molecule has 0 unspecified atom stereocenters. The van der Waals surface area contributed by atoms with Crippen LogP contribution in [0.25, 0.3) is 0 Å². The largest absolute Gasteiger partial charge is 0.484 e. The molecule has 8 heteroatoms. The smallest absolute Gasteiger partial charge is 0.418 e.